The van der Waals surface area contributed by atoms with Crippen LogP contribution in [0.5, 0.6) is 0 Å². The van der Waals surface area contributed by atoms with Gasteiger partial charge in [0.25, 0.3) is 5.69 Å². The van der Waals surface area contributed by atoms with E-state index in [1.807, 2.05) is 13.0 Å². The maximum atomic E-state index is 11.1. The number of nitro groups is 1. The molecule has 1 saturated heterocycles. The molecule has 1 atom stereocenters. The van der Waals surface area contributed by atoms with Gasteiger partial charge in [0.1, 0.15) is 5.69 Å². The molecule has 0 aromatic heterocycles. The maximum absolute atomic E-state index is 11.1. The van der Waals surface area contributed by atoms with Crippen molar-refractivity contribution in [3.05, 3.63) is 33.9 Å². The van der Waals surface area contributed by atoms with Crippen molar-refractivity contribution in [2.45, 2.75) is 32.4 Å². The fraction of sp³-hybridized carbons (Fsp3) is 0.571. The van der Waals surface area contributed by atoms with E-state index in [1.165, 1.54) is 0 Å². The molecule has 0 radical (unpaired) electrons. The average molecular weight is 279 g/mol. The Morgan fingerprint density at radius 3 is 3.00 bits per heavy atom. The Hall–Kier alpha value is -1.66. The van der Waals surface area contributed by atoms with Gasteiger partial charge in [-0.2, -0.15) is 0 Å². The van der Waals surface area contributed by atoms with E-state index in [0.717, 1.165) is 24.9 Å². The molecule has 0 spiro atoms. The van der Waals surface area contributed by atoms with Gasteiger partial charge in [0, 0.05) is 25.2 Å². The van der Waals surface area contributed by atoms with Crippen LogP contribution in [0.4, 0.5) is 11.4 Å². The van der Waals surface area contributed by atoms with Crippen LogP contribution >= 0.6 is 0 Å². The first-order valence-electron chi connectivity index (χ1n) is 7.01. The summed E-state index contributed by atoms with van der Waals surface area (Å²) in [4.78, 5) is 13.0. The lowest BCUT2D eigenvalue weighted by molar-refractivity contribution is -0.384. The van der Waals surface area contributed by atoms with Gasteiger partial charge in [-0.25, -0.2) is 0 Å². The van der Waals surface area contributed by atoms with E-state index < -0.39 is 0 Å². The van der Waals surface area contributed by atoms with Crippen molar-refractivity contribution in [1.82, 2.24) is 4.90 Å². The number of benzene rings is 1. The van der Waals surface area contributed by atoms with Gasteiger partial charge in [-0.15, -0.1) is 0 Å². The number of hydrogen-bond donors (Lipinski definition) is 2. The Morgan fingerprint density at radius 2 is 2.35 bits per heavy atom. The topological polar surface area (TPSA) is 78.6 Å². The SMILES string of the molecule is CCNc1ccc(CN2CCCC2CO)cc1[N+](=O)[O-]. The van der Waals surface area contributed by atoms with Crippen LogP contribution in [0, 0.1) is 10.1 Å². The fourth-order valence-electron chi connectivity index (χ4n) is 2.71. The second-order valence-corrected chi connectivity index (χ2v) is 5.09. The average Bonchev–Trinajstić information content (AvgIpc) is 2.87. The molecule has 0 saturated carbocycles. The molecule has 1 aliphatic rings. The van der Waals surface area contributed by atoms with Gasteiger partial charge >= 0.3 is 0 Å². The van der Waals surface area contributed by atoms with Crippen LogP contribution in [0.1, 0.15) is 25.3 Å². The Labute approximate surface area is 118 Å². The van der Waals surface area contributed by atoms with Crippen molar-refractivity contribution < 1.29 is 10.0 Å². The third-order valence-electron chi connectivity index (χ3n) is 3.72. The van der Waals surface area contributed by atoms with Gasteiger partial charge in [0.05, 0.1) is 11.5 Å². The first kappa shape index (κ1) is 14.7. The standard InChI is InChI=1S/C14H21N3O3/c1-2-15-13-6-5-11(8-14(13)17(19)20)9-16-7-3-4-12(16)10-18/h5-6,8,12,15,18H,2-4,7,9-10H2,1H3. The number of nitro benzene ring substituents is 1. The number of rotatable bonds is 6. The number of anilines is 1. The van der Waals surface area contributed by atoms with Crippen molar-refractivity contribution in [3.63, 3.8) is 0 Å². The summed E-state index contributed by atoms with van der Waals surface area (Å²) in [5, 5.41) is 23.4. The maximum Gasteiger partial charge on any atom is 0.292 e. The molecular weight excluding hydrogens is 258 g/mol. The molecule has 20 heavy (non-hydrogen) atoms. The molecule has 2 rings (SSSR count). The van der Waals surface area contributed by atoms with Crippen LogP contribution in [-0.2, 0) is 6.54 Å². The summed E-state index contributed by atoms with van der Waals surface area (Å²) in [6.07, 6.45) is 2.07. The highest BCUT2D eigenvalue weighted by Crippen LogP contribution is 2.27. The molecule has 1 unspecified atom stereocenters. The van der Waals surface area contributed by atoms with Crippen LogP contribution < -0.4 is 5.32 Å². The highest BCUT2D eigenvalue weighted by Gasteiger charge is 2.24. The van der Waals surface area contributed by atoms with Crippen LogP contribution in [0.25, 0.3) is 0 Å². The lowest BCUT2D eigenvalue weighted by Gasteiger charge is -2.22. The molecule has 1 aliphatic heterocycles. The number of likely N-dealkylation sites (tertiary alicyclic amines) is 1. The van der Waals surface area contributed by atoms with Gasteiger partial charge in [-0.1, -0.05) is 6.07 Å². The van der Waals surface area contributed by atoms with E-state index in [-0.39, 0.29) is 23.3 Å². The van der Waals surface area contributed by atoms with Crippen LogP contribution in [-0.4, -0.2) is 40.7 Å². The molecule has 0 bridgehead atoms. The summed E-state index contributed by atoms with van der Waals surface area (Å²) in [5.41, 5.74) is 1.59. The normalized spacial score (nSPS) is 19.2. The smallest absolute Gasteiger partial charge is 0.292 e. The van der Waals surface area contributed by atoms with E-state index in [4.69, 9.17) is 0 Å². The molecule has 1 aromatic carbocycles. The Kier molecular flexibility index (Phi) is 4.92. The van der Waals surface area contributed by atoms with E-state index in [2.05, 4.69) is 10.2 Å². The van der Waals surface area contributed by atoms with E-state index in [1.54, 1.807) is 12.1 Å². The van der Waals surface area contributed by atoms with Gasteiger partial charge < -0.3 is 10.4 Å². The van der Waals surface area contributed by atoms with Crippen LogP contribution in [0.2, 0.25) is 0 Å². The molecule has 6 nitrogen and oxygen atoms in total. The summed E-state index contributed by atoms with van der Waals surface area (Å²) < 4.78 is 0. The summed E-state index contributed by atoms with van der Waals surface area (Å²) in [5.74, 6) is 0. The molecule has 0 aliphatic carbocycles. The summed E-state index contributed by atoms with van der Waals surface area (Å²) >= 11 is 0. The first-order valence-corrected chi connectivity index (χ1v) is 7.01. The molecule has 1 aromatic rings. The van der Waals surface area contributed by atoms with Crippen molar-refractivity contribution in [1.29, 1.82) is 0 Å². The second-order valence-electron chi connectivity index (χ2n) is 5.09. The largest absolute Gasteiger partial charge is 0.395 e. The fourth-order valence-corrected chi connectivity index (χ4v) is 2.71. The van der Waals surface area contributed by atoms with E-state index >= 15 is 0 Å². The Balaban J connectivity index is 2.16. The quantitative estimate of drug-likeness (QED) is 0.615. The van der Waals surface area contributed by atoms with Crippen LogP contribution in [0.3, 0.4) is 0 Å². The third-order valence-corrected chi connectivity index (χ3v) is 3.72. The zero-order valence-corrected chi connectivity index (χ0v) is 11.7. The summed E-state index contributed by atoms with van der Waals surface area (Å²) in [6, 6.07) is 5.49. The zero-order chi connectivity index (χ0) is 14.5. The molecule has 110 valence electrons. The second kappa shape index (κ2) is 6.67. The molecule has 0 amide bonds. The molecule has 6 heteroatoms. The minimum Gasteiger partial charge on any atom is -0.395 e. The summed E-state index contributed by atoms with van der Waals surface area (Å²) in [7, 11) is 0. The third kappa shape index (κ3) is 3.26. The van der Waals surface area contributed by atoms with Gasteiger partial charge in [-0.05, 0) is 37.9 Å². The minimum atomic E-state index is -0.352. The number of aliphatic hydroxyl groups excluding tert-OH is 1. The monoisotopic (exact) mass is 279 g/mol. The number of nitrogens with zero attached hydrogens (tertiary/aromatic N) is 2. The van der Waals surface area contributed by atoms with Gasteiger partial charge in [0.2, 0.25) is 0 Å². The lowest BCUT2D eigenvalue weighted by atomic mass is 10.1. The van der Waals surface area contributed by atoms with E-state index in [9.17, 15) is 15.2 Å². The van der Waals surface area contributed by atoms with Crippen molar-refractivity contribution in [3.8, 4) is 0 Å². The van der Waals surface area contributed by atoms with Crippen LogP contribution in [0.15, 0.2) is 18.2 Å². The predicted molar refractivity (Wildman–Crippen MR) is 77.8 cm³/mol. The molecular formula is C14H21N3O3. The van der Waals surface area contributed by atoms with Crippen molar-refractivity contribution in [2.75, 3.05) is 25.0 Å². The molecule has 2 N–H and O–H groups in total. The lowest BCUT2D eigenvalue weighted by Crippen LogP contribution is -2.31. The minimum absolute atomic E-state index is 0.115. The van der Waals surface area contributed by atoms with Crippen molar-refractivity contribution >= 4 is 11.4 Å². The summed E-state index contributed by atoms with van der Waals surface area (Å²) in [6.45, 7) is 4.30. The number of nitrogens with one attached hydrogen (secondary N) is 1. The number of hydrogen-bond acceptors (Lipinski definition) is 5. The molecule has 1 fully saturated rings. The predicted octanol–water partition coefficient (Wildman–Crippen LogP) is 1.98. The zero-order valence-electron chi connectivity index (χ0n) is 11.7. The molecule has 1 heterocycles. The van der Waals surface area contributed by atoms with Gasteiger partial charge in [-0.3, -0.25) is 15.0 Å². The Morgan fingerprint density at radius 1 is 1.55 bits per heavy atom. The highest BCUT2D eigenvalue weighted by atomic mass is 16.6. The first-order chi connectivity index (χ1) is 9.65. The van der Waals surface area contributed by atoms with Crippen molar-refractivity contribution in [2.24, 2.45) is 0 Å². The van der Waals surface area contributed by atoms with Gasteiger partial charge in [0.15, 0.2) is 0 Å². The highest BCUT2D eigenvalue weighted by molar-refractivity contribution is 5.62. The number of aliphatic hydroxyl groups is 1. The van der Waals surface area contributed by atoms with E-state index in [0.29, 0.717) is 18.8 Å². The Bertz CT molecular complexity index is 479.